The molecule has 1 aromatic carbocycles. The fourth-order valence-corrected chi connectivity index (χ4v) is 2.97. The number of carbonyl (C=O) groups is 3. The molecule has 134 valence electrons. The van der Waals surface area contributed by atoms with Crippen LogP contribution in [0.3, 0.4) is 0 Å². The molecule has 3 rings (SSSR count). The average Bonchev–Trinajstić information content (AvgIpc) is 3.01. The summed E-state index contributed by atoms with van der Waals surface area (Å²) in [7, 11) is 1.44. The SMILES string of the molecule is C[C@H](C(=O)O)N(C)C(=O)[C@@H]1CC(=O)N(c2ccc3c(c2)OCCO3)C1. The number of nitrogens with zero attached hydrogens (tertiary/aromatic N) is 2. The Bertz CT molecular complexity index is 719. The second-order valence-corrected chi connectivity index (χ2v) is 6.20. The number of carboxylic acids is 1. The summed E-state index contributed by atoms with van der Waals surface area (Å²) < 4.78 is 11.0. The first-order valence-corrected chi connectivity index (χ1v) is 8.08. The molecule has 2 aliphatic heterocycles. The maximum absolute atomic E-state index is 12.5. The minimum atomic E-state index is -1.08. The van der Waals surface area contributed by atoms with Crippen molar-refractivity contribution in [1.29, 1.82) is 0 Å². The lowest BCUT2D eigenvalue weighted by Crippen LogP contribution is -2.43. The maximum atomic E-state index is 12.5. The number of rotatable bonds is 4. The third-order valence-electron chi connectivity index (χ3n) is 4.60. The Morgan fingerprint density at radius 1 is 1.28 bits per heavy atom. The van der Waals surface area contributed by atoms with E-state index in [1.807, 2.05) is 0 Å². The Morgan fingerprint density at radius 2 is 1.96 bits per heavy atom. The van der Waals surface area contributed by atoms with Gasteiger partial charge in [-0.3, -0.25) is 9.59 Å². The summed E-state index contributed by atoms with van der Waals surface area (Å²) in [6.45, 7) is 2.59. The van der Waals surface area contributed by atoms with Gasteiger partial charge in [0.2, 0.25) is 11.8 Å². The van der Waals surface area contributed by atoms with Crippen molar-refractivity contribution in [3.05, 3.63) is 18.2 Å². The van der Waals surface area contributed by atoms with E-state index in [0.717, 1.165) is 0 Å². The van der Waals surface area contributed by atoms with Gasteiger partial charge in [0.05, 0.1) is 5.92 Å². The third kappa shape index (κ3) is 3.24. The number of benzene rings is 1. The van der Waals surface area contributed by atoms with Crippen LogP contribution >= 0.6 is 0 Å². The molecule has 0 spiro atoms. The standard InChI is InChI=1S/C17H20N2O6/c1-10(17(22)23)18(2)16(21)11-7-15(20)19(9-11)12-3-4-13-14(8-12)25-6-5-24-13/h3-4,8,10-11H,5-7,9H2,1-2H3,(H,22,23)/t10-,11-/m1/s1. The molecule has 0 unspecified atom stereocenters. The number of carboxylic acid groups (broad SMARTS) is 1. The van der Waals surface area contributed by atoms with E-state index in [9.17, 15) is 14.4 Å². The number of aliphatic carboxylic acids is 1. The van der Waals surface area contributed by atoms with Crippen LogP contribution in [0.5, 0.6) is 11.5 Å². The third-order valence-corrected chi connectivity index (χ3v) is 4.60. The highest BCUT2D eigenvalue weighted by molar-refractivity contribution is 6.01. The van der Waals surface area contributed by atoms with Gasteiger partial charge in [-0.15, -0.1) is 0 Å². The van der Waals surface area contributed by atoms with Crippen LogP contribution in [-0.4, -0.2) is 60.6 Å². The number of hydrogen-bond donors (Lipinski definition) is 1. The van der Waals surface area contributed by atoms with Crippen molar-refractivity contribution in [2.24, 2.45) is 5.92 Å². The van der Waals surface area contributed by atoms with Crippen molar-refractivity contribution in [1.82, 2.24) is 4.90 Å². The van der Waals surface area contributed by atoms with Gasteiger partial charge < -0.3 is 24.4 Å². The average molecular weight is 348 g/mol. The number of hydrogen-bond acceptors (Lipinski definition) is 5. The number of carbonyl (C=O) groups excluding carboxylic acids is 2. The largest absolute Gasteiger partial charge is 0.486 e. The molecule has 2 aliphatic rings. The maximum Gasteiger partial charge on any atom is 0.326 e. The second-order valence-electron chi connectivity index (χ2n) is 6.20. The van der Waals surface area contributed by atoms with E-state index in [1.54, 1.807) is 18.2 Å². The van der Waals surface area contributed by atoms with Crippen LogP contribution < -0.4 is 14.4 Å². The summed E-state index contributed by atoms with van der Waals surface area (Å²) in [5.74, 6) is -0.960. The van der Waals surface area contributed by atoms with Crippen molar-refractivity contribution in [2.75, 3.05) is 31.7 Å². The number of anilines is 1. The van der Waals surface area contributed by atoms with Crippen LogP contribution in [0.1, 0.15) is 13.3 Å². The van der Waals surface area contributed by atoms with Gasteiger partial charge in [0.1, 0.15) is 19.3 Å². The quantitative estimate of drug-likeness (QED) is 0.862. The number of amides is 2. The minimum absolute atomic E-state index is 0.0595. The predicted molar refractivity (Wildman–Crippen MR) is 87.8 cm³/mol. The van der Waals surface area contributed by atoms with Crippen LogP contribution in [0.4, 0.5) is 5.69 Å². The van der Waals surface area contributed by atoms with E-state index < -0.39 is 17.9 Å². The highest BCUT2D eigenvalue weighted by Crippen LogP contribution is 2.36. The van der Waals surface area contributed by atoms with Gasteiger partial charge in [0.25, 0.3) is 0 Å². The Labute approximate surface area is 144 Å². The predicted octanol–water partition coefficient (Wildman–Crippen LogP) is 0.742. The van der Waals surface area contributed by atoms with Crippen molar-refractivity contribution >= 4 is 23.5 Å². The molecule has 0 saturated carbocycles. The van der Waals surface area contributed by atoms with E-state index in [1.165, 1.54) is 23.8 Å². The van der Waals surface area contributed by atoms with Gasteiger partial charge in [0.15, 0.2) is 11.5 Å². The van der Waals surface area contributed by atoms with E-state index in [-0.39, 0.29) is 24.8 Å². The van der Waals surface area contributed by atoms with Crippen LogP contribution in [0.15, 0.2) is 18.2 Å². The Hall–Kier alpha value is -2.77. The summed E-state index contributed by atoms with van der Waals surface area (Å²) in [6.07, 6.45) is 0.0595. The lowest BCUT2D eigenvalue weighted by atomic mass is 10.1. The topological polar surface area (TPSA) is 96.4 Å². The van der Waals surface area contributed by atoms with E-state index in [4.69, 9.17) is 14.6 Å². The first-order chi connectivity index (χ1) is 11.9. The fraction of sp³-hybridized carbons (Fsp3) is 0.471. The lowest BCUT2D eigenvalue weighted by Gasteiger charge is -2.25. The van der Waals surface area contributed by atoms with Crippen molar-refractivity contribution in [3.8, 4) is 11.5 Å². The Balaban J connectivity index is 1.74. The van der Waals surface area contributed by atoms with Crippen LogP contribution in [0.2, 0.25) is 0 Å². The molecule has 2 amide bonds. The molecule has 0 radical (unpaired) electrons. The van der Waals surface area contributed by atoms with Crippen LogP contribution in [0, 0.1) is 5.92 Å². The Morgan fingerprint density at radius 3 is 2.64 bits per heavy atom. The first-order valence-electron chi connectivity index (χ1n) is 8.08. The van der Waals surface area contributed by atoms with Gasteiger partial charge >= 0.3 is 5.97 Å². The summed E-state index contributed by atoms with van der Waals surface area (Å²) in [6, 6.07) is 4.28. The number of ether oxygens (including phenoxy) is 2. The molecule has 1 fully saturated rings. The fourth-order valence-electron chi connectivity index (χ4n) is 2.97. The molecule has 2 atom stereocenters. The molecule has 8 nitrogen and oxygen atoms in total. The zero-order valence-corrected chi connectivity index (χ0v) is 14.1. The van der Waals surface area contributed by atoms with Crippen molar-refractivity contribution in [2.45, 2.75) is 19.4 Å². The lowest BCUT2D eigenvalue weighted by molar-refractivity contribution is -0.149. The molecule has 0 aliphatic carbocycles. The molecular weight excluding hydrogens is 328 g/mol. The molecule has 1 saturated heterocycles. The first kappa shape index (κ1) is 17.1. The molecule has 8 heteroatoms. The monoisotopic (exact) mass is 348 g/mol. The second kappa shape index (κ2) is 6.62. The van der Waals surface area contributed by atoms with Gasteiger partial charge in [-0.2, -0.15) is 0 Å². The molecule has 1 N–H and O–H groups in total. The smallest absolute Gasteiger partial charge is 0.326 e. The number of fused-ring (bicyclic) bond motifs is 1. The van der Waals surface area contributed by atoms with E-state index in [2.05, 4.69) is 0 Å². The van der Waals surface area contributed by atoms with Crippen molar-refractivity contribution < 1.29 is 29.0 Å². The van der Waals surface area contributed by atoms with Gasteiger partial charge in [-0.1, -0.05) is 0 Å². The van der Waals surface area contributed by atoms with E-state index >= 15 is 0 Å². The van der Waals surface area contributed by atoms with Gasteiger partial charge in [0, 0.05) is 31.8 Å². The van der Waals surface area contributed by atoms with Crippen molar-refractivity contribution in [3.63, 3.8) is 0 Å². The summed E-state index contributed by atoms with van der Waals surface area (Å²) in [5.41, 5.74) is 0.637. The molecule has 0 aromatic heterocycles. The number of likely N-dealkylation sites (N-methyl/N-ethyl adjacent to an activating group) is 1. The molecule has 1 aromatic rings. The summed E-state index contributed by atoms with van der Waals surface area (Å²) >= 11 is 0. The Kier molecular flexibility index (Phi) is 4.52. The van der Waals surface area contributed by atoms with Gasteiger partial charge in [-0.25, -0.2) is 4.79 Å². The zero-order chi connectivity index (χ0) is 18.1. The molecule has 2 heterocycles. The molecule has 25 heavy (non-hydrogen) atoms. The highest BCUT2D eigenvalue weighted by atomic mass is 16.6. The normalized spacial score (nSPS) is 20.3. The van der Waals surface area contributed by atoms with Gasteiger partial charge in [-0.05, 0) is 19.1 Å². The van der Waals surface area contributed by atoms with E-state index in [0.29, 0.717) is 30.4 Å². The highest BCUT2D eigenvalue weighted by Gasteiger charge is 2.38. The molecular formula is C17H20N2O6. The molecule has 0 bridgehead atoms. The van der Waals surface area contributed by atoms with Crippen LogP contribution in [-0.2, 0) is 14.4 Å². The summed E-state index contributed by atoms with van der Waals surface area (Å²) in [4.78, 5) is 38.6. The van der Waals surface area contributed by atoms with Crippen LogP contribution in [0.25, 0.3) is 0 Å². The minimum Gasteiger partial charge on any atom is -0.486 e. The zero-order valence-electron chi connectivity index (χ0n) is 14.1. The summed E-state index contributed by atoms with van der Waals surface area (Å²) in [5, 5.41) is 9.04.